The second-order valence-electron chi connectivity index (χ2n) is 6.60. The Morgan fingerprint density at radius 1 is 1.04 bits per heavy atom. The summed E-state index contributed by atoms with van der Waals surface area (Å²) in [4.78, 5) is 18.3. The fraction of sp³-hybridized carbons (Fsp3) is 0.300. The van der Waals surface area contributed by atoms with Crippen LogP contribution < -0.4 is 14.7 Å². The van der Waals surface area contributed by atoms with Gasteiger partial charge in [-0.25, -0.2) is 4.39 Å². The topological polar surface area (TPSA) is 36.0 Å². The van der Waals surface area contributed by atoms with Crippen LogP contribution in [0.25, 0.3) is 0 Å². The Hall–Kier alpha value is -2.51. The smallest absolute Gasteiger partial charge is 0.256 e. The van der Waals surface area contributed by atoms with Crippen LogP contribution in [0.4, 0.5) is 21.5 Å². The number of ether oxygens (including phenoxy) is 1. The summed E-state index contributed by atoms with van der Waals surface area (Å²) in [5, 5.41) is 0.359. The Kier molecular flexibility index (Phi) is 4.80. The first-order chi connectivity index (χ1) is 13.1. The van der Waals surface area contributed by atoms with Gasteiger partial charge >= 0.3 is 0 Å². The number of anilines is 3. The maximum Gasteiger partial charge on any atom is 0.256 e. The number of morpholine rings is 1. The SMILES string of the molecule is CC1C(=O)N(c2cccc(F)c2)C(=S)N1c1ccc(N2CCOCC2)cc1. The highest BCUT2D eigenvalue weighted by Gasteiger charge is 2.41. The number of halogens is 1. The van der Waals surface area contributed by atoms with Crippen LogP contribution in [-0.2, 0) is 9.53 Å². The molecular formula is C20H20FN3O2S. The number of hydrogen-bond donors (Lipinski definition) is 0. The van der Waals surface area contributed by atoms with Crippen LogP contribution in [0.2, 0.25) is 0 Å². The number of rotatable bonds is 3. The molecule has 0 radical (unpaired) electrons. The van der Waals surface area contributed by atoms with E-state index in [1.54, 1.807) is 12.1 Å². The number of nitrogens with zero attached hydrogens (tertiary/aromatic N) is 3. The lowest BCUT2D eigenvalue weighted by Crippen LogP contribution is -2.36. The molecule has 4 rings (SSSR count). The molecule has 0 spiro atoms. The third-order valence-corrected chi connectivity index (χ3v) is 5.31. The molecule has 2 aliphatic heterocycles. The van der Waals surface area contributed by atoms with E-state index in [0.717, 1.165) is 37.7 Å². The van der Waals surface area contributed by atoms with Gasteiger partial charge in [-0.3, -0.25) is 9.69 Å². The van der Waals surface area contributed by atoms with Crippen LogP contribution >= 0.6 is 12.2 Å². The van der Waals surface area contributed by atoms with Gasteiger partial charge in [0, 0.05) is 24.5 Å². The van der Waals surface area contributed by atoms with Crippen LogP contribution in [0.3, 0.4) is 0 Å². The van der Waals surface area contributed by atoms with Crippen molar-refractivity contribution in [2.45, 2.75) is 13.0 Å². The molecule has 7 heteroatoms. The van der Waals surface area contributed by atoms with E-state index < -0.39 is 11.9 Å². The van der Waals surface area contributed by atoms with Crippen molar-refractivity contribution in [1.29, 1.82) is 0 Å². The maximum atomic E-state index is 13.6. The maximum absolute atomic E-state index is 13.6. The van der Waals surface area contributed by atoms with Crippen molar-refractivity contribution in [2.24, 2.45) is 0 Å². The molecule has 2 aromatic carbocycles. The quantitative estimate of drug-likeness (QED) is 0.759. The van der Waals surface area contributed by atoms with Crippen LogP contribution in [0.15, 0.2) is 48.5 Å². The highest BCUT2D eigenvalue weighted by Crippen LogP contribution is 2.31. The lowest BCUT2D eigenvalue weighted by atomic mass is 10.2. The molecule has 2 aromatic rings. The minimum absolute atomic E-state index is 0.164. The third-order valence-electron chi connectivity index (χ3n) is 4.93. The Labute approximate surface area is 162 Å². The molecule has 2 aliphatic rings. The number of benzene rings is 2. The van der Waals surface area contributed by atoms with Crippen molar-refractivity contribution in [3.05, 3.63) is 54.3 Å². The van der Waals surface area contributed by atoms with Crippen LogP contribution in [-0.4, -0.2) is 43.4 Å². The van der Waals surface area contributed by atoms with Gasteiger partial charge in [0.1, 0.15) is 11.9 Å². The van der Waals surface area contributed by atoms with E-state index in [-0.39, 0.29) is 5.91 Å². The molecule has 27 heavy (non-hydrogen) atoms. The van der Waals surface area contributed by atoms with Crippen molar-refractivity contribution >= 4 is 40.3 Å². The fourth-order valence-electron chi connectivity index (χ4n) is 3.50. The molecule has 2 fully saturated rings. The second kappa shape index (κ2) is 7.25. The Bertz CT molecular complexity index is 868. The van der Waals surface area contributed by atoms with Crippen molar-refractivity contribution in [1.82, 2.24) is 0 Å². The predicted octanol–water partition coefficient (Wildman–Crippen LogP) is 3.19. The van der Waals surface area contributed by atoms with E-state index in [4.69, 9.17) is 17.0 Å². The molecule has 0 aliphatic carbocycles. The van der Waals surface area contributed by atoms with Gasteiger partial charge in [-0.05, 0) is 61.6 Å². The molecule has 2 heterocycles. The minimum Gasteiger partial charge on any atom is -0.378 e. The van der Waals surface area contributed by atoms with Crippen LogP contribution in [0, 0.1) is 5.82 Å². The van der Waals surface area contributed by atoms with Gasteiger partial charge in [-0.2, -0.15) is 0 Å². The summed E-state index contributed by atoms with van der Waals surface area (Å²) in [7, 11) is 0. The van der Waals surface area contributed by atoms with E-state index in [1.807, 2.05) is 36.1 Å². The summed E-state index contributed by atoms with van der Waals surface area (Å²) in [5.74, 6) is -0.563. The Morgan fingerprint density at radius 2 is 1.70 bits per heavy atom. The van der Waals surface area contributed by atoms with Crippen molar-refractivity contribution < 1.29 is 13.9 Å². The Balaban J connectivity index is 1.60. The normalized spacial score (nSPS) is 20.5. The third kappa shape index (κ3) is 3.28. The molecule has 5 nitrogen and oxygen atoms in total. The predicted molar refractivity (Wildman–Crippen MR) is 108 cm³/mol. The standard InChI is InChI=1S/C20H20FN3O2S/c1-14-19(25)24(18-4-2-3-15(21)13-18)20(27)23(14)17-7-5-16(6-8-17)22-9-11-26-12-10-22/h2-8,13-14H,9-12H2,1H3. The van der Waals surface area contributed by atoms with E-state index in [2.05, 4.69) is 4.90 Å². The lowest BCUT2D eigenvalue weighted by Gasteiger charge is -2.29. The summed E-state index contributed by atoms with van der Waals surface area (Å²) < 4.78 is 19.0. The fourth-order valence-corrected chi connectivity index (χ4v) is 3.96. The monoisotopic (exact) mass is 385 g/mol. The van der Waals surface area contributed by atoms with Crippen molar-refractivity contribution in [3.8, 4) is 0 Å². The van der Waals surface area contributed by atoms with E-state index in [1.165, 1.54) is 17.0 Å². The molecule has 0 bridgehead atoms. The molecule has 140 valence electrons. The molecule has 0 saturated carbocycles. The molecule has 1 atom stereocenters. The average Bonchev–Trinajstić information content (AvgIpc) is 2.91. The van der Waals surface area contributed by atoms with Gasteiger partial charge in [-0.1, -0.05) is 6.07 Å². The Morgan fingerprint density at radius 3 is 2.37 bits per heavy atom. The van der Waals surface area contributed by atoms with E-state index in [9.17, 15) is 9.18 Å². The lowest BCUT2D eigenvalue weighted by molar-refractivity contribution is -0.117. The summed E-state index contributed by atoms with van der Waals surface area (Å²) in [6.45, 7) is 5.00. The second-order valence-corrected chi connectivity index (χ2v) is 6.96. The first-order valence-electron chi connectivity index (χ1n) is 8.92. The molecule has 1 unspecified atom stereocenters. The average molecular weight is 385 g/mol. The molecule has 2 saturated heterocycles. The van der Waals surface area contributed by atoms with Crippen LogP contribution in [0.1, 0.15) is 6.92 Å². The summed E-state index contributed by atoms with van der Waals surface area (Å²) >= 11 is 5.56. The summed E-state index contributed by atoms with van der Waals surface area (Å²) in [6.07, 6.45) is 0. The van der Waals surface area contributed by atoms with Crippen LogP contribution in [0.5, 0.6) is 0 Å². The number of carbonyl (C=O) groups is 1. The van der Waals surface area contributed by atoms with Gasteiger partial charge in [0.25, 0.3) is 5.91 Å². The zero-order valence-electron chi connectivity index (χ0n) is 15.0. The summed E-state index contributed by atoms with van der Waals surface area (Å²) in [5.41, 5.74) is 2.41. The van der Waals surface area contributed by atoms with Gasteiger partial charge < -0.3 is 14.5 Å². The number of thiocarbonyl (C=S) groups is 1. The molecular weight excluding hydrogens is 365 g/mol. The highest BCUT2D eigenvalue weighted by molar-refractivity contribution is 7.81. The van der Waals surface area contributed by atoms with Gasteiger partial charge in [0.05, 0.1) is 18.9 Å². The van der Waals surface area contributed by atoms with Gasteiger partial charge in [0.15, 0.2) is 5.11 Å². The first-order valence-corrected chi connectivity index (χ1v) is 9.32. The minimum atomic E-state index is -0.449. The zero-order valence-corrected chi connectivity index (χ0v) is 15.8. The van der Waals surface area contributed by atoms with Crippen molar-refractivity contribution in [3.63, 3.8) is 0 Å². The largest absolute Gasteiger partial charge is 0.378 e. The van der Waals surface area contributed by atoms with Gasteiger partial charge in [-0.15, -0.1) is 0 Å². The number of amides is 1. The van der Waals surface area contributed by atoms with E-state index in [0.29, 0.717) is 10.8 Å². The zero-order chi connectivity index (χ0) is 19.0. The first kappa shape index (κ1) is 17.9. The highest BCUT2D eigenvalue weighted by atomic mass is 32.1. The van der Waals surface area contributed by atoms with Gasteiger partial charge in [0.2, 0.25) is 0 Å². The molecule has 0 aromatic heterocycles. The summed E-state index contributed by atoms with van der Waals surface area (Å²) in [6, 6.07) is 13.5. The molecule has 1 amide bonds. The molecule has 0 N–H and O–H groups in total. The number of hydrogen-bond acceptors (Lipinski definition) is 4. The van der Waals surface area contributed by atoms with E-state index >= 15 is 0 Å². The number of carbonyl (C=O) groups excluding carboxylic acids is 1. The van der Waals surface area contributed by atoms with Crippen molar-refractivity contribution in [2.75, 3.05) is 41.0 Å².